The number of anilines is 1. The van der Waals surface area contributed by atoms with Gasteiger partial charge >= 0.3 is 0 Å². The van der Waals surface area contributed by atoms with E-state index in [2.05, 4.69) is 42.4 Å². The molecular weight excluding hydrogens is 462 g/mol. The Morgan fingerprint density at radius 1 is 1.32 bits per heavy atom. The third-order valence-electron chi connectivity index (χ3n) is 7.12. The zero-order valence-electron chi connectivity index (χ0n) is 20.4. The van der Waals surface area contributed by atoms with Crippen molar-refractivity contribution in [3.05, 3.63) is 45.8 Å². The molecule has 178 valence electrons. The molecule has 1 atom stereocenters. The largest absolute Gasteiger partial charge is 0.316 e. The normalized spacial score (nSPS) is 15.6. The van der Waals surface area contributed by atoms with E-state index in [1.54, 1.807) is 11.3 Å². The third kappa shape index (κ3) is 4.91. The van der Waals surface area contributed by atoms with E-state index in [4.69, 9.17) is 0 Å². The van der Waals surface area contributed by atoms with Gasteiger partial charge in [-0.15, -0.1) is 21.5 Å². The standard InChI is InChI=1S/C26H31N5OS2/c1-6-26(3,4)18-11-12-19-20(14-27)24(34-21(19)13-18)28-22(32)15-33-25-30-29-23(31(25)5)17-9-7-16(2)8-10-17/h7-10,18H,6,11-13,15H2,1-5H3,(H,28,32). The van der Waals surface area contributed by atoms with Gasteiger partial charge in [-0.25, -0.2) is 0 Å². The van der Waals surface area contributed by atoms with Crippen molar-refractivity contribution in [2.75, 3.05) is 11.1 Å². The zero-order valence-corrected chi connectivity index (χ0v) is 22.1. The molecule has 1 aromatic carbocycles. The number of carbonyl (C=O) groups is 1. The molecule has 0 radical (unpaired) electrons. The molecule has 1 aliphatic carbocycles. The van der Waals surface area contributed by atoms with Crippen molar-refractivity contribution >= 4 is 34.0 Å². The number of aromatic nitrogens is 3. The minimum absolute atomic E-state index is 0.134. The van der Waals surface area contributed by atoms with E-state index in [0.29, 0.717) is 21.6 Å². The van der Waals surface area contributed by atoms with E-state index in [0.717, 1.165) is 42.6 Å². The maximum absolute atomic E-state index is 12.8. The number of amides is 1. The third-order valence-corrected chi connectivity index (χ3v) is 9.31. The Bertz CT molecular complexity index is 1230. The first kappa shape index (κ1) is 24.5. The highest BCUT2D eigenvalue weighted by Gasteiger charge is 2.34. The fraction of sp³-hybridized carbons (Fsp3) is 0.462. The first-order valence-electron chi connectivity index (χ1n) is 11.7. The summed E-state index contributed by atoms with van der Waals surface area (Å²) in [7, 11) is 1.91. The second-order valence-electron chi connectivity index (χ2n) is 9.67. The molecule has 8 heteroatoms. The molecule has 1 unspecified atom stereocenters. The number of fused-ring (bicyclic) bond motifs is 1. The summed E-state index contributed by atoms with van der Waals surface area (Å²) >= 11 is 2.92. The van der Waals surface area contributed by atoms with Gasteiger partial charge in [-0.2, -0.15) is 5.26 Å². The van der Waals surface area contributed by atoms with Crippen LogP contribution in [-0.4, -0.2) is 26.4 Å². The maximum atomic E-state index is 12.8. The number of hydrogen-bond acceptors (Lipinski definition) is 6. The van der Waals surface area contributed by atoms with E-state index in [1.807, 2.05) is 42.8 Å². The first-order chi connectivity index (χ1) is 16.2. The van der Waals surface area contributed by atoms with Crippen LogP contribution < -0.4 is 5.32 Å². The van der Waals surface area contributed by atoms with Crippen molar-refractivity contribution in [3.63, 3.8) is 0 Å². The number of carbonyl (C=O) groups excluding carboxylic acids is 1. The number of thioether (sulfide) groups is 1. The number of nitriles is 1. The van der Waals surface area contributed by atoms with Gasteiger partial charge in [-0.3, -0.25) is 4.79 Å². The molecule has 0 saturated carbocycles. The molecule has 2 heterocycles. The topological polar surface area (TPSA) is 83.6 Å². The van der Waals surface area contributed by atoms with Crippen LogP contribution in [0.1, 0.15) is 55.2 Å². The molecule has 2 aromatic heterocycles. The quantitative estimate of drug-likeness (QED) is 0.408. The Hall–Kier alpha value is -2.63. The monoisotopic (exact) mass is 493 g/mol. The van der Waals surface area contributed by atoms with Gasteiger partial charge in [0.25, 0.3) is 0 Å². The number of hydrogen-bond donors (Lipinski definition) is 1. The summed E-state index contributed by atoms with van der Waals surface area (Å²) in [5, 5.41) is 22.7. The second kappa shape index (κ2) is 9.93. The SMILES string of the molecule is CCC(C)(C)C1CCc2c(sc(NC(=O)CSc3nnc(-c4ccc(C)cc4)n3C)c2C#N)C1. The molecule has 1 N–H and O–H groups in total. The van der Waals surface area contributed by atoms with Gasteiger partial charge in [0.05, 0.1) is 11.3 Å². The lowest BCUT2D eigenvalue weighted by Crippen LogP contribution is -2.28. The van der Waals surface area contributed by atoms with Gasteiger partial charge in [0.1, 0.15) is 11.1 Å². The number of thiophene rings is 1. The van der Waals surface area contributed by atoms with Gasteiger partial charge < -0.3 is 9.88 Å². The molecule has 0 bridgehead atoms. The van der Waals surface area contributed by atoms with Crippen LogP contribution in [0.15, 0.2) is 29.4 Å². The Kier molecular flexibility index (Phi) is 7.15. The highest BCUT2D eigenvalue weighted by molar-refractivity contribution is 7.99. The summed E-state index contributed by atoms with van der Waals surface area (Å²) in [4.78, 5) is 14.0. The van der Waals surface area contributed by atoms with Crippen molar-refractivity contribution in [3.8, 4) is 17.5 Å². The molecule has 0 aliphatic heterocycles. The van der Waals surface area contributed by atoms with Gasteiger partial charge in [0, 0.05) is 17.5 Å². The lowest BCUT2D eigenvalue weighted by molar-refractivity contribution is -0.113. The van der Waals surface area contributed by atoms with Crippen LogP contribution >= 0.6 is 23.1 Å². The fourth-order valence-corrected chi connectivity index (χ4v) is 6.44. The van der Waals surface area contributed by atoms with E-state index in [1.165, 1.54) is 22.2 Å². The molecule has 0 fully saturated rings. The summed E-state index contributed by atoms with van der Waals surface area (Å²) in [6, 6.07) is 10.5. The van der Waals surface area contributed by atoms with Crippen molar-refractivity contribution in [2.24, 2.45) is 18.4 Å². The summed E-state index contributed by atoms with van der Waals surface area (Å²) < 4.78 is 1.91. The Morgan fingerprint density at radius 2 is 2.06 bits per heavy atom. The number of nitrogens with one attached hydrogen (secondary N) is 1. The van der Waals surface area contributed by atoms with Crippen LogP contribution in [0.3, 0.4) is 0 Å². The molecule has 4 rings (SSSR count). The maximum Gasteiger partial charge on any atom is 0.235 e. The highest BCUT2D eigenvalue weighted by Crippen LogP contribution is 2.45. The average Bonchev–Trinajstić information content (AvgIpc) is 3.36. The first-order valence-corrected chi connectivity index (χ1v) is 13.5. The summed E-state index contributed by atoms with van der Waals surface area (Å²) in [6.07, 6.45) is 4.13. The van der Waals surface area contributed by atoms with Gasteiger partial charge in [-0.05, 0) is 43.1 Å². The van der Waals surface area contributed by atoms with Crippen molar-refractivity contribution in [2.45, 2.75) is 58.5 Å². The van der Waals surface area contributed by atoms with Crippen LogP contribution in [0.2, 0.25) is 0 Å². The Balaban J connectivity index is 1.43. The van der Waals surface area contributed by atoms with Crippen molar-refractivity contribution < 1.29 is 4.79 Å². The molecule has 0 spiro atoms. The predicted molar refractivity (Wildman–Crippen MR) is 139 cm³/mol. The number of nitrogens with zero attached hydrogens (tertiary/aromatic N) is 4. The van der Waals surface area contributed by atoms with E-state index < -0.39 is 0 Å². The highest BCUT2D eigenvalue weighted by atomic mass is 32.2. The van der Waals surface area contributed by atoms with Crippen LogP contribution in [0.5, 0.6) is 0 Å². The fourth-order valence-electron chi connectivity index (χ4n) is 4.44. The second-order valence-corrected chi connectivity index (χ2v) is 11.7. The van der Waals surface area contributed by atoms with Gasteiger partial charge in [-0.1, -0.05) is 68.8 Å². The summed E-state index contributed by atoms with van der Waals surface area (Å²) in [5.74, 6) is 1.45. The zero-order chi connectivity index (χ0) is 24.5. The van der Waals surface area contributed by atoms with Gasteiger partial charge in [0.2, 0.25) is 5.91 Å². The molecular formula is C26H31N5OS2. The smallest absolute Gasteiger partial charge is 0.235 e. The predicted octanol–water partition coefficient (Wildman–Crippen LogP) is 6.00. The average molecular weight is 494 g/mol. The van der Waals surface area contributed by atoms with Crippen LogP contribution in [0.25, 0.3) is 11.4 Å². The van der Waals surface area contributed by atoms with Crippen LogP contribution in [0.4, 0.5) is 5.00 Å². The van der Waals surface area contributed by atoms with E-state index in [-0.39, 0.29) is 17.1 Å². The van der Waals surface area contributed by atoms with Crippen LogP contribution in [0, 0.1) is 29.6 Å². The van der Waals surface area contributed by atoms with Crippen LogP contribution in [-0.2, 0) is 24.7 Å². The van der Waals surface area contributed by atoms with E-state index in [9.17, 15) is 10.1 Å². The van der Waals surface area contributed by atoms with Crippen molar-refractivity contribution in [1.82, 2.24) is 14.8 Å². The number of benzene rings is 1. The lowest BCUT2D eigenvalue weighted by Gasteiger charge is -2.36. The minimum atomic E-state index is -0.134. The number of aryl methyl sites for hydroxylation is 1. The molecule has 34 heavy (non-hydrogen) atoms. The van der Waals surface area contributed by atoms with Gasteiger partial charge in [0.15, 0.2) is 11.0 Å². The Labute approximate surface area is 209 Å². The summed E-state index contributed by atoms with van der Waals surface area (Å²) in [6.45, 7) is 8.96. The van der Waals surface area contributed by atoms with Crippen molar-refractivity contribution in [1.29, 1.82) is 5.26 Å². The lowest BCUT2D eigenvalue weighted by atomic mass is 9.69. The number of rotatable bonds is 7. The molecule has 0 saturated heterocycles. The molecule has 1 aliphatic rings. The Morgan fingerprint density at radius 3 is 2.74 bits per heavy atom. The molecule has 1 amide bonds. The minimum Gasteiger partial charge on any atom is -0.316 e. The molecule has 3 aromatic rings. The molecule has 6 nitrogen and oxygen atoms in total. The van der Waals surface area contributed by atoms with E-state index >= 15 is 0 Å². The summed E-state index contributed by atoms with van der Waals surface area (Å²) in [5.41, 5.74) is 4.24.